The SMILES string of the molecule is COc1cc(C(=O)N2CC3CCC2[C@@H]3N)cc2nc(-c3cc4cccnc4n3CC3CC3)n(C[C@H]3CCN(c4cncc(C#N)c4)C3)c12. The average molecular weight is 642 g/mol. The molecular formula is C37H39N9O2. The summed E-state index contributed by atoms with van der Waals surface area (Å²) in [5, 5.41) is 10.5. The van der Waals surface area contributed by atoms with Crippen molar-refractivity contribution in [2.75, 3.05) is 31.6 Å². The number of nitrogens with two attached hydrogens (primary N) is 1. The highest BCUT2D eigenvalue weighted by molar-refractivity contribution is 6.00. The number of nitrogens with zero attached hydrogens (tertiary/aromatic N) is 8. The second kappa shape index (κ2) is 11.3. The zero-order valence-corrected chi connectivity index (χ0v) is 27.1. The van der Waals surface area contributed by atoms with Gasteiger partial charge in [0.15, 0.2) is 5.82 Å². The van der Waals surface area contributed by atoms with Crippen LogP contribution in [0.25, 0.3) is 33.6 Å². The van der Waals surface area contributed by atoms with Crippen molar-refractivity contribution in [2.24, 2.45) is 23.5 Å². The highest BCUT2D eigenvalue weighted by atomic mass is 16.5. The molecule has 2 N–H and O–H groups in total. The van der Waals surface area contributed by atoms with Gasteiger partial charge < -0.3 is 29.4 Å². The van der Waals surface area contributed by atoms with E-state index in [4.69, 9.17) is 20.4 Å². The number of piperidine rings is 1. The molecule has 11 nitrogen and oxygen atoms in total. The predicted molar refractivity (Wildman–Crippen MR) is 183 cm³/mol. The highest BCUT2D eigenvalue weighted by Crippen LogP contribution is 2.41. The molecule has 11 heteroatoms. The van der Waals surface area contributed by atoms with Gasteiger partial charge in [-0.3, -0.25) is 9.78 Å². The van der Waals surface area contributed by atoms with Crippen LogP contribution in [-0.2, 0) is 13.1 Å². The van der Waals surface area contributed by atoms with E-state index in [0.29, 0.717) is 41.2 Å². The molecule has 244 valence electrons. The Balaban J connectivity index is 1.15. The summed E-state index contributed by atoms with van der Waals surface area (Å²) in [6.45, 7) is 4.05. The molecular weight excluding hydrogens is 602 g/mol. The van der Waals surface area contributed by atoms with E-state index in [1.807, 2.05) is 41.6 Å². The first-order valence-corrected chi connectivity index (χ1v) is 17.2. The van der Waals surface area contributed by atoms with Crippen LogP contribution in [0.2, 0.25) is 0 Å². The molecule has 2 saturated carbocycles. The maximum Gasteiger partial charge on any atom is 0.254 e. The number of hydrogen-bond donors (Lipinski definition) is 1. The summed E-state index contributed by atoms with van der Waals surface area (Å²) in [7, 11) is 1.67. The van der Waals surface area contributed by atoms with E-state index in [1.165, 1.54) is 12.8 Å². The molecule has 4 atom stereocenters. The minimum Gasteiger partial charge on any atom is -0.494 e. The number of rotatable bonds is 8. The summed E-state index contributed by atoms with van der Waals surface area (Å²) in [5.41, 5.74) is 12.3. The van der Waals surface area contributed by atoms with Gasteiger partial charge in [-0.15, -0.1) is 0 Å². The van der Waals surface area contributed by atoms with Crippen LogP contribution in [0, 0.1) is 29.1 Å². The number of benzene rings is 1. The quantitative estimate of drug-likeness (QED) is 0.255. The lowest BCUT2D eigenvalue weighted by Crippen LogP contribution is -2.41. The van der Waals surface area contributed by atoms with Gasteiger partial charge in [0.25, 0.3) is 5.91 Å². The average Bonchev–Trinajstić information content (AvgIpc) is 3.43. The first-order valence-electron chi connectivity index (χ1n) is 17.2. The Kier molecular flexibility index (Phi) is 6.90. The minimum atomic E-state index is 0.000593. The maximum absolute atomic E-state index is 14.0. The molecule has 9 rings (SSSR count). The molecule has 4 aliphatic rings. The van der Waals surface area contributed by atoms with Gasteiger partial charge in [-0.05, 0) is 86.3 Å². The van der Waals surface area contributed by atoms with Gasteiger partial charge in [0, 0.05) is 68.2 Å². The molecule has 1 aromatic carbocycles. The number of hydrogen-bond acceptors (Lipinski definition) is 8. The molecule has 2 bridgehead atoms. The first kappa shape index (κ1) is 29.2. The van der Waals surface area contributed by atoms with Crippen LogP contribution in [0.15, 0.2) is 55.0 Å². The van der Waals surface area contributed by atoms with Crippen LogP contribution in [0.1, 0.15) is 48.0 Å². The lowest BCUT2D eigenvalue weighted by molar-refractivity contribution is 0.0700. The molecule has 2 saturated heterocycles. The molecule has 2 unspecified atom stereocenters. The number of aromatic nitrogens is 5. The third-order valence-electron chi connectivity index (χ3n) is 11.2. The summed E-state index contributed by atoms with van der Waals surface area (Å²) in [5.74, 6) is 2.84. The van der Waals surface area contributed by atoms with Crippen LogP contribution < -0.4 is 15.4 Å². The van der Waals surface area contributed by atoms with Crippen molar-refractivity contribution < 1.29 is 9.53 Å². The van der Waals surface area contributed by atoms with Crippen LogP contribution in [0.5, 0.6) is 5.75 Å². The number of nitriles is 1. The van der Waals surface area contributed by atoms with Crippen molar-refractivity contribution in [1.82, 2.24) is 29.0 Å². The van der Waals surface area contributed by atoms with Crippen LogP contribution in [0.4, 0.5) is 5.69 Å². The molecule has 0 radical (unpaired) electrons. The molecule has 6 heterocycles. The number of anilines is 1. The standard InChI is InChI=1S/C37H39N9O2/c1-48-32-14-27(37(47)45-21-26-6-7-30(45)33(26)39)12-29-34(32)46(20-23-8-10-43(18-23)28-11-24(15-38)16-40-17-28)36(42-29)31-13-25-3-2-9-41-35(25)44(31)19-22-4-5-22/h2-3,9,11-14,16-17,22-23,26,30,33H,4-8,10,18-21,39H2,1H3/t23-,26?,30?,33+/m0/s1. The van der Waals surface area contributed by atoms with Crippen molar-refractivity contribution in [1.29, 1.82) is 5.26 Å². The molecule has 4 fully saturated rings. The highest BCUT2D eigenvalue weighted by Gasteiger charge is 2.47. The number of carbonyl (C=O) groups is 1. The molecule has 4 aromatic heterocycles. The van der Waals surface area contributed by atoms with Crippen molar-refractivity contribution in [3.05, 3.63) is 66.1 Å². The number of methoxy groups -OCH3 is 1. The van der Waals surface area contributed by atoms with E-state index in [9.17, 15) is 10.1 Å². The lowest BCUT2D eigenvalue weighted by atomic mass is 10.1. The number of likely N-dealkylation sites (tertiary alicyclic amines) is 1. The Morgan fingerprint density at radius 1 is 1.04 bits per heavy atom. The minimum absolute atomic E-state index is 0.000593. The van der Waals surface area contributed by atoms with E-state index in [1.54, 1.807) is 13.3 Å². The zero-order chi connectivity index (χ0) is 32.5. The Labute approximate surface area is 278 Å². The number of ether oxygens (including phenoxy) is 1. The predicted octanol–water partition coefficient (Wildman–Crippen LogP) is 4.83. The molecule has 2 aliphatic heterocycles. The van der Waals surface area contributed by atoms with Crippen LogP contribution in [0.3, 0.4) is 0 Å². The van der Waals surface area contributed by atoms with E-state index in [2.05, 4.69) is 37.2 Å². The Hall–Kier alpha value is -4.95. The number of fused-ring (bicyclic) bond motifs is 4. The third-order valence-corrected chi connectivity index (χ3v) is 11.2. The Morgan fingerprint density at radius 2 is 1.92 bits per heavy atom. The van der Waals surface area contributed by atoms with Gasteiger partial charge in [0.05, 0.1) is 35.8 Å². The fraction of sp³-hybridized carbons (Fsp3) is 0.432. The number of amides is 1. The maximum atomic E-state index is 14.0. The normalized spacial score (nSPS) is 23.4. The first-order chi connectivity index (χ1) is 23.5. The fourth-order valence-corrected chi connectivity index (χ4v) is 8.48. The third kappa shape index (κ3) is 4.81. The van der Waals surface area contributed by atoms with Gasteiger partial charge >= 0.3 is 0 Å². The summed E-state index contributed by atoms with van der Waals surface area (Å²) in [4.78, 5) is 32.7. The number of imidazole rings is 1. The van der Waals surface area contributed by atoms with E-state index < -0.39 is 0 Å². The van der Waals surface area contributed by atoms with Gasteiger partial charge in [0.2, 0.25) is 0 Å². The summed E-state index contributed by atoms with van der Waals surface area (Å²) < 4.78 is 10.7. The second-order valence-corrected chi connectivity index (χ2v) is 14.2. The topological polar surface area (TPSA) is 131 Å². The summed E-state index contributed by atoms with van der Waals surface area (Å²) >= 11 is 0. The van der Waals surface area contributed by atoms with Crippen molar-refractivity contribution in [3.63, 3.8) is 0 Å². The van der Waals surface area contributed by atoms with Crippen molar-refractivity contribution >= 4 is 33.7 Å². The molecule has 1 amide bonds. The molecule has 2 aliphatic carbocycles. The van der Waals surface area contributed by atoms with Crippen molar-refractivity contribution in [2.45, 2.75) is 57.3 Å². The second-order valence-electron chi connectivity index (χ2n) is 14.2. The largest absolute Gasteiger partial charge is 0.494 e. The fourth-order valence-electron chi connectivity index (χ4n) is 8.48. The smallest absolute Gasteiger partial charge is 0.254 e. The van der Waals surface area contributed by atoms with Gasteiger partial charge in [0.1, 0.15) is 23.0 Å². The molecule has 5 aromatic rings. The Morgan fingerprint density at radius 3 is 2.69 bits per heavy atom. The Bertz CT molecular complexity index is 2110. The van der Waals surface area contributed by atoms with Gasteiger partial charge in [-0.2, -0.15) is 5.26 Å². The van der Waals surface area contributed by atoms with Gasteiger partial charge in [-0.25, -0.2) is 9.97 Å². The van der Waals surface area contributed by atoms with E-state index >= 15 is 0 Å². The summed E-state index contributed by atoms with van der Waals surface area (Å²) in [6.07, 6.45) is 10.8. The van der Waals surface area contributed by atoms with Crippen molar-refractivity contribution in [3.8, 4) is 23.3 Å². The monoisotopic (exact) mass is 641 g/mol. The lowest BCUT2D eigenvalue weighted by Gasteiger charge is -2.27. The van der Waals surface area contributed by atoms with Crippen LogP contribution in [-0.4, -0.2) is 73.7 Å². The number of pyridine rings is 2. The number of carbonyl (C=O) groups excluding carboxylic acids is 1. The molecule has 48 heavy (non-hydrogen) atoms. The zero-order valence-electron chi connectivity index (χ0n) is 27.1. The molecule has 0 spiro atoms. The van der Waals surface area contributed by atoms with Gasteiger partial charge in [-0.1, -0.05) is 0 Å². The summed E-state index contributed by atoms with van der Waals surface area (Å²) in [6, 6.07) is 14.4. The van der Waals surface area contributed by atoms with E-state index in [0.717, 1.165) is 84.7 Å². The van der Waals surface area contributed by atoms with E-state index in [-0.39, 0.29) is 18.0 Å². The van der Waals surface area contributed by atoms with Crippen LogP contribution >= 0.6 is 0 Å².